The molecule has 1 atom stereocenters. The lowest BCUT2D eigenvalue weighted by Crippen LogP contribution is -2.40. The summed E-state index contributed by atoms with van der Waals surface area (Å²) in [4.78, 5) is 11.6. The summed E-state index contributed by atoms with van der Waals surface area (Å²) in [6.07, 6.45) is 2.14. The molecule has 3 heteroatoms. The van der Waals surface area contributed by atoms with Crippen LogP contribution in [0.15, 0.2) is 30.3 Å². The molecule has 2 aliphatic rings. The summed E-state index contributed by atoms with van der Waals surface area (Å²) in [7, 11) is 0. The summed E-state index contributed by atoms with van der Waals surface area (Å²) < 4.78 is 11.0. The highest BCUT2D eigenvalue weighted by molar-refractivity contribution is 5.74. The van der Waals surface area contributed by atoms with Crippen LogP contribution < -0.4 is 0 Å². The Morgan fingerprint density at radius 1 is 1.12 bits per heavy atom. The standard InChI is InChI=1S/C14H16O3/c15-13-10-12(11-4-2-1-3-5-11)14(17-13)6-8-16-9-7-14/h1-5,12H,6-10H2. The fraction of sp³-hybridized carbons (Fsp3) is 0.500. The van der Waals surface area contributed by atoms with Gasteiger partial charge in [-0.25, -0.2) is 0 Å². The Hall–Kier alpha value is -1.35. The van der Waals surface area contributed by atoms with Gasteiger partial charge in [0.2, 0.25) is 0 Å². The summed E-state index contributed by atoms with van der Waals surface area (Å²) in [5.41, 5.74) is 0.900. The normalized spacial score (nSPS) is 27.1. The van der Waals surface area contributed by atoms with Gasteiger partial charge in [0.25, 0.3) is 0 Å². The fourth-order valence-electron chi connectivity index (χ4n) is 2.97. The van der Waals surface area contributed by atoms with Crippen molar-refractivity contribution < 1.29 is 14.3 Å². The number of carbonyl (C=O) groups is 1. The van der Waals surface area contributed by atoms with Gasteiger partial charge in [-0.2, -0.15) is 0 Å². The molecule has 0 amide bonds. The van der Waals surface area contributed by atoms with Crippen LogP contribution in [0.4, 0.5) is 0 Å². The zero-order chi connectivity index (χ0) is 11.7. The Labute approximate surface area is 101 Å². The smallest absolute Gasteiger partial charge is 0.307 e. The first-order chi connectivity index (χ1) is 8.30. The van der Waals surface area contributed by atoms with Gasteiger partial charge in [0.1, 0.15) is 5.60 Å². The van der Waals surface area contributed by atoms with Gasteiger partial charge in [0.05, 0.1) is 19.6 Å². The topological polar surface area (TPSA) is 35.5 Å². The molecule has 1 aromatic carbocycles. The molecule has 2 saturated heterocycles. The molecule has 90 valence electrons. The number of rotatable bonds is 1. The molecule has 3 nitrogen and oxygen atoms in total. The first-order valence-electron chi connectivity index (χ1n) is 6.15. The molecule has 0 radical (unpaired) electrons. The first kappa shape index (κ1) is 10.8. The SMILES string of the molecule is O=C1CC(c2ccccc2)C2(CCOCC2)O1. The highest BCUT2D eigenvalue weighted by Gasteiger charge is 2.50. The van der Waals surface area contributed by atoms with Gasteiger partial charge >= 0.3 is 5.97 Å². The number of carbonyl (C=O) groups excluding carboxylic acids is 1. The molecule has 0 aromatic heterocycles. The summed E-state index contributed by atoms with van der Waals surface area (Å²) in [6.45, 7) is 1.38. The summed E-state index contributed by atoms with van der Waals surface area (Å²) in [5.74, 6) is 0.126. The predicted octanol–water partition coefficient (Wildman–Crippen LogP) is 2.27. The van der Waals surface area contributed by atoms with Crippen molar-refractivity contribution in [2.45, 2.75) is 30.8 Å². The van der Waals surface area contributed by atoms with E-state index in [1.807, 2.05) is 18.2 Å². The van der Waals surface area contributed by atoms with Crippen molar-refractivity contribution in [3.8, 4) is 0 Å². The minimum atomic E-state index is -0.309. The molecule has 2 fully saturated rings. The number of benzene rings is 1. The minimum Gasteiger partial charge on any atom is -0.458 e. The third kappa shape index (κ3) is 1.84. The van der Waals surface area contributed by atoms with Crippen molar-refractivity contribution in [1.82, 2.24) is 0 Å². The van der Waals surface area contributed by atoms with Crippen molar-refractivity contribution in [3.63, 3.8) is 0 Å². The molecular formula is C14H16O3. The van der Waals surface area contributed by atoms with E-state index in [1.54, 1.807) is 0 Å². The maximum atomic E-state index is 11.6. The molecule has 0 aliphatic carbocycles. The van der Waals surface area contributed by atoms with Crippen molar-refractivity contribution >= 4 is 5.97 Å². The molecule has 1 unspecified atom stereocenters. The third-order valence-corrected chi connectivity index (χ3v) is 3.86. The van der Waals surface area contributed by atoms with E-state index in [0.717, 1.165) is 12.8 Å². The van der Waals surface area contributed by atoms with E-state index in [2.05, 4.69) is 12.1 Å². The molecule has 3 rings (SSSR count). The van der Waals surface area contributed by atoms with E-state index in [0.29, 0.717) is 19.6 Å². The molecular weight excluding hydrogens is 216 g/mol. The van der Waals surface area contributed by atoms with Crippen LogP contribution in [-0.4, -0.2) is 24.8 Å². The summed E-state index contributed by atoms with van der Waals surface area (Å²) in [5, 5.41) is 0. The fourth-order valence-corrected chi connectivity index (χ4v) is 2.97. The van der Waals surface area contributed by atoms with Crippen LogP contribution in [0.5, 0.6) is 0 Å². The number of hydrogen-bond acceptors (Lipinski definition) is 3. The van der Waals surface area contributed by atoms with E-state index in [1.165, 1.54) is 5.56 Å². The van der Waals surface area contributed by atoms with E-state index in [-0.39, 0.29) is 17.5 Å². The van der Waals surface area contributed by atoms with Crippen molar-refractivity contribution in [1.29, 1.82) is 0 Å². The first-order valence-corrected chi connectivity index (χ1v) is 6.15. The van der Waals surface area contributed by atoms with E-state index in [4.69, 9.17) is 9.47 Å². The molecule has 0 bridgehead atoms. The van der Waals surface area contributed by atoms with Crippen molar-refractivity contribution in [3.05, 3.63) is 35.9 Å². The monoisotopic (exact) mass is 232 g/mol. The number of ether oxygens (including phenoxy) is 2. The Bertz CT molecular complexity index is 407. The van der Waals surface area contributed by atoms with Crippen molar-refractivity contribution in [2.75, 3.05) is 13.2 Å². The summed E-state index contributed by atoms with van der Waals surface area (Å²) >= 11 is 0. The van der Waals surface area contributed by atoms with Crippen LogP contribution in [-0.2, 0) is 14.3 Å². The average molecular weight is 232 g/mol. The van der Waals surface area contributed by atoms with E-state index in [9.17, 15) is 4.79 Å². The lowest BCUT2D eigenvalue weighted by Gasteiger charge is -2.36. The average Bonchev–Trinajstić information content (AvgIpc) is 2.68. The van der Waals surface area contributed by atoms with Crippen LogP contribution in [0.1, 0.15) is 30.7 Å². The maximum Gasteiger partial charge on any atom is 0.307 e. The van der Waals surface area contributed by atoms with Gasteiger partial charge in [0, 0.05) is 18.8 Å². The predicted molar refractivity (Wildman–Crippen MR) is 62.7 cm³/mol. The second kappa shape index (κ2) is 4.15. The highest BCUT2D eigenvalue weighted by Crippen LogP contribution is 2.46. The third-order valence-electron chi connectivity index (χ3n) is 3.86. The van der Waals surface area contributed by atoms with Crippen LogP contribution >= 0.6 is 0 Å². The minimum absolute atomic E-state index is 0.0687. The molecule has 2 aliphatic heterocycles. The molecule has 2 heterocycles. The molecule has 1 aromatic rings. The molecule has 1 spiro atoms. The van der Waals surface area contributed by atoms with Gasteiger partial charge in [-0.05, 0) is 5.56 Å². The lowest BCUT2D eigenvalue weighted by atomic mass is 9.77. The maximum absolute atomic E-state index is 11.6. The van der Waals surface area contributed by atoms with E-state index < -0.39 is 0 Å². The van der Waals surface area contributed by atoms with Crippen molar-refractivity contribution in [2.24, 2.45) is 0 Å². The Morgan fingerprint density at radius 3 is 2.53 bits per heavy atom. The molecule has 0 N–H and O–H groups in total. The van der Waals surface area contributed by atoms with Gasteiger partial charge < -0.3 is 9.47 Å². The zero-order valence-corrected chi connectivity index (χ0v) is 9.72. The summed E-state index contributed by atoms with van der Waals surface area (Å²) in [6, 6.07) is 10.2. The highest BCUT2D eigenvalue weighted by atomic mass is 16.6. The van der Waals surface area contributed by atoms with Gasteiger partial charge in [-0.3, -0.25) is 4.79 Å². The second-order valence-corrected chi connectivity index (χ2v) is 4.82. The van der Waals surface area contributed by atoms with Crippen LogP contribution in [0.25, 0.3) is 0 Å². The van der Waals surface area contributed by atoms with Gasteiger partial charge in [-0.15, -0.1) is 0 Å². The Morgan fingerprint density at radius 2 is 1.82 bits per heavy atom. The number of hydrogen-bond donors (Lipinski definition) is 0. The quantitative estimate of drug-likeness (QED) is 0.697. The van der Waals surface area contributed by atoms with Crippen LogP contribution in [0, 0.1) is 0 Å². The van der Waals surface area contributed by atoms with Crippen LogP contribution in [0.3, 0.4) is 0 Å². The Kier molecular flexibility index (Phi) is 2.63. The van der Waals surface area contributed by atoms with Gasteiger partial charge in [0.15, 0.2) is 0 Å². The second-order valence-electron chi connectivity index (χ2n) is 4.82. The Balaban J connectivity index is 1.94. The largest absolute Gasteiger partial charge is 0.458 e. The van der Waals surface area contributed by atoms with Crippen LogP contribution in [0.2, 0.25) is 0 Å². The number of esters is 1. The van der Waals surface area contributed by atoms with E-state index >= 15 is 0 Å². The zero-order valence-electron chi connectivity index (χ0n) is 9.72. The molecule has 17 heavy (non-hydrogen) atoms. The lowest BCUT2D eigenvalue weighted by molar-refractivity contribution is -0.156. The van der Waals surface area contributed by atoms with Gasteiger partial charge in [-0.1, -0.05) is 30.3 Å². The molecule has 0 saturated carbocycles.